The van der Waals surface area contributed by atoms with Gasteiger partial charge in [-0.2, -0.15) is 0 Å². The molecule has 0 saturated heterocycles. The number of methoxy groups -OCH3 is 2. The third kappa shape index (κ3) is 4.16. The summed E-state index contributed by atoms with van der Waals surface area (Å²) in [7, 11) is 3.04. The van der Waals surface area contributed by atoms with Crippen LogP contribution in [0, 0.1) is 5.82 Å². The second-order valence-electron chi connectivity index (χ2n) is 5.00. The molecule has 1 N–H and O–H groups in total. The Hall–Kier alpha value is -2.76. The van der Waals surface area contributed by atoms with Gasteiger partial charge in [0.25, 0.3) is 5.91 Å². The number of hydrogen-bond donors (Lipinski definition) is 1. The van der Waals surface area contributed by atoms with Crippen molar-refractivity contribution < 1.29 is 23.4 Å². The Morgan fingerprint density at radius 3 is 2.50 bits per heavy atom. The van der Waals surface area contributed by atoms with Crippen LogP contribution in [-0.2, 0) is 4.79 Å². The number of amides is 1. The van der Waals surface area contributed by atoms with Gasteiger partial charge in [-0.25, -0.2) is 4.39 Å². The Labute approximate surface area is 140 Å². The van der Waals surface area contributed by atoms with Gasteiger partial charge in [-0.3, -0.25) is 4.79 Å². The number of ether oxygens (including phenoxy) is 3. The highest BCUT2D eigenvalue weighted by atomic mass is 19.1. The highest BCUT2D eigenvalue weighted by molar-refractivity contribution is 5.95. The molecule has 24 heavy (non-hydrogen) atoms. The molecule has 2 aromatic rings. The van der Waals surface area contributed by atoms with E-state index in [-0.39, 0.29) is 5.75 Å². The average molecular weight is 333 g/mol. The van der Waals surface area contributed by atoms with Gasteiger partial charge < -0.3 is 19.5 Å². The van der Waals surface area contributed by atoms with Gasteiger partial charge in [0.2, 0.25) is 0 Å². The third-order valence-electron chi connectivity index (χ3n) is 3.43. The fraction of sp³-hybridized carbons (Fsp3) is 0.278. The van der Waals surface area contributed by atoms with Crippen LogP contribution in [0.15, 0.2) is 42.5 Å². The van der Waals surface area contributed by atoms with E-state index in [1.165, 1.54) is 26.4 Å². The highest BCUT2D eigenvalue weighted by Crippen LogP contribution is 2.29. The largest absolute Gasteiger partial charge is 0.497 e. The normalized spacial score (nSPS) is 11.5. The molecule has 5 nitrogen and oxygen atoms in total. The summed E-state index contributed by atoms with van der Waals surface area (Å²) in [6, 6.07) is 11.0. The van der Waals surface area contributed by atoms with Gasteiger partial charge in [-0.15, -0.1) is 0 Å². The lowest BCUT2D eigenvalue weighted by molar-refractivity contribution is -0.122. The minimum absolute atomic E-state index is 0.0390. The van der Waals surface area contributed by atoms with Crippen molar-refractivity contribution in [2.75, 3.05) is 19.5 Å². The number of anilines is 1. The van der Waals surface area contributed by atoms with Gasteiger partial charge in [-0.05, 0) is 30.7 Å². The van der Waals surface area contributed by atoms with Crippen LogP contribution in [0.4, 0.5) is 10.1 Å². The zero-order valence-corrected chi connectivity index (χ0v) is 13.8. The maximum atomic E-state index is 13.7. The van der Waals surface area contributed by atoms with Crippen molar-refractivity contribution in [2.24, 2.45) is 0 Å². The number of nitrogens with one attached hydrogen (secondary N) is 1. The third-order valence-corrected chi connectivity index (χ3v) is 3.43. The number of benzene rings is 2. The van der Waals surface area contributed by atoms with Crippen LogP contribution in [0.1, 0.15) is 13.3 Å². The van der Waals surface area contributed by atoms with Gasteiger partial charge in [-0.1, -0.05) is 19.1 Å². The summed E-state index contributed by atoms with van der Waals surface area (Å²) >= 11 is 0. The van der Waals surface area contributed by atoms with Crippen molar-refractivity contribution >= 4 is 11.6 Å². The van der Waals surface area contributed by atoms with E-state index in [0.29, 0.717) is 23.6 Å². The molecule has 0 bridgehead atoms. The minimum Gasteiger partial charge on any atom is -0.497 e. The molecule has 6 heteroatoms. The number of rotatable bonds is 7. The first kappa shape index (κ1) is 17.6. The van der Waals surface area contributed by atoms with E-state index in [0.717, 1.165) is 0 Å². The lowest BCUT2D eigenvalue weighted by atomic mass is 10.2. The van der Waals surface area contributed by atoms with Crippen LogP contribution in [-0.4, -0.2) is 26.2 Å². The molecule has 0 saturated carbocycles. The molecule has 1 unspecified atom stereocenters. The molecule has 1 amide bonds. The molecule has 0 fully saturated rings. The number of carbonyl (C=O) groups excluding carboxylic acids is 1. The Morgan fingerprint density at radius 2 is 1.88 bits per heavy atom. The van der Waals surface area contributed by atoms with Crippen LogP contribution in [0.25, 0.3) is 0 Å². The minimum atomic E-state index is -0.835. The van der Waals surface area contributed by atoms with Crippen LogP contribution in [0.5, 0.6) is 17.2 Å². The Balaban J connectivity index is 2.16. The molecule has 2 rings (SSSR count). The summed E-state index contributed by atoms with van der Waals surface area (Å²) < 4.78 is 29.6. The lowest BCUT2D eigenvalue weighted by Gasteiger charge is -2.19. The van der Waals surface area contributed by atoms with Crippen molar-refractivity contribution in [2.45, 2.75) is 19.4 Å². The first-order valence-electron chi connectivity index (χ1n) is 7.53. The van der Waals surface area contributed by atoms with Crippen molar-refractivity contribution in [1.82, 2.24) is 0 Å². The van der Waals surface area contributed by atoms with E-state index in [4.69, 9.17) is 14.2 Å². The van der Waals surface area contributed by atoms with Gasteiger partial charge in [0, 0.05) is 6.07 Å². The smallest absolute Gasteiger partial charge is 0.265 e. The Kier molecular flexibility index (Phi) is 6.01. The van der Waals surface area contributed by atoms with E-state index in [9.17, 15) is 9.18 Å². The maximum Gasteiger partial charge on any atom is 0.265 e. The molecule has 0 aliphatic carbocycles. The Bertz CT molecular complexity index is 705. The van der Waals surface area contributed by atoms with Crippen molar-refractivity contribution in [3.8, 4) is 17.2 Å². The molecule has 128 valence electrons. The molecule has 2 aromatic carbocycles. The van der Waals surface area contributed by atoms with E-state index in [2.05, 4.69) is 5.32 Å². The monoisotopic (exact) mass is 333 g/mol. The zero-order valence-electron chi connectivity index (χ0n) is 13.8. The molecule has 0 aliphatic rings. The molecular formula is C18H20FNO4. The fourth-order valence-corrected chi connectivity index (χ4v) is 2.14. The predicted octanol–water partition coefficient (Wildman–Crippen LogP) is 3.64. The van der Waals surface area contributed by atoms with Gasteiger partial charge in [0.1, 0.15) is 11.5 Å². The summed E-state index contributed by atoms with van der Waals surface area (Å²) in [6.45, 7) is 1.79. The highest BCUT2D eigenvalue weighted by Gasteiger charge is 2.21. The van der Waals surface area contributed by atoms with Crippen LogP contribution < -0.4 is 19.5 Å². The number of para-hydroxylation sites is 1. The van der Waals surface area contributed by atoms with Crippen molar-refractivity contribution in [1.29, 1.82) is 0 Å². The quantitative estimate of drug-likeness (QED) is 0.840. The summed E-state index contributed by atoms with van der Waals surface area (Å²) in [6.07, 6.45) is -0.454. The second kappa shape index (κ2) is 8.19. The van der Waals surface area contributed by atoms with E-state index in [1.54, 1.807) is 37.3 Å². The molecule has 0 radical (unpaired) electrons. The summed E-state index contributed by atoms with van der Waals surface area (Å²) in [4.78, 5) is 12.5. The second-order valence-corrected chi connectivity index (χ2v) is 5.00. The zero-order chi connectivity index (χ0) is 17.5. The Morgan fingerprint density at radius 1 is 1.12 bits per heavy atom. The molecule has 0 heterocycles. The average Bonchev–Trinajstić information content (AvgIpc) is 2.60. The molecule has 0 aromatic heterocycles. The lowest BCUT2D eigenvalue weighted by Crippen LogP contribution is -2.32. The van der Waals surface area contributed by atoms with Gasteiger partial charge in [0.05, 0.1) is 19.9 Å². The first-order chi connectivity index (χ1) is 11.6. The number of hydrogen-bond acceptors (Lipinski definition) is 4. The fourth-order valence-electron chi connectivity index (χ4n) is 2.14. The van der Waals surface area contributed by atoms with E-state index < -0.39 is 17.8 Å². The summed E-state index contributed by atoms with van der Waals surface area (Å²) in [5.41, 5.74) is 0.456. The first-order valence-corrected chi connectivity index (χ1v) is 7.53. The SMILES string of the molecule is CCC(Oc1ccccc1F)C(=O)Nc1cc(OC)ccc1OC. The molecular weight excluding hydrogens is 313 g/mol. The van der Waals surface area contributed by atoms with Crippen LogP contribution in [0.3, 0.4) is 0 Å². The standard InChI is InChI=1S/C18H20FNO4/c1-4-15(24-16-8-6-5-7-13(16)19)18(21)20-14-11-12(22-2)9-10-17(14)23-3/h5-11,15H,4H2,1-3H3,(H,20,21). The van der Waals surface area contributed by atoms with Crippen molar-refractivity contribution in [3.63, 3.8) is 0 Å². The van der Waals surface area contributed by atoms with E-state index >= 15 is 0 Å². The topological polar surface area (TPSA) is 56.8 Å². The summed E-state index contributed by atoms with van der Waals surface area (Å²) in [5.74, 6) is 0.200. The molecule has 0 spiro atoms. The van der Waals surface area contributed by atoms with Crippen LogP contribution in [0.2, 0.25) is 0 Å². The predicted molar refractivity (Wildman–Crippen MR) is 89.3 cm³/mol. The van der Waals surface area contributed by atoms with E-state index in [1.807, 2.05) is 0 Å². The van der Waals surface area contributed by atoms with Gasteiger partial charge >= 0.3 is 0 Å². The number of halogens is 1. The van der Waals surface area contributed by atoms with Crippen LogP contribution >= 0.6 is 0 Å². The molecule has 0 aliphatic heterocycles. The molecule has 1 atom stereocenters. The maximum absolute atomic E-state index is 13.7. The summed E-state index contributed by atoms with van der Waals surface area (Å²) in [5, 5.41) is 2.74. The van der Waals surface area contributed by atoms with Crippen molar-refractivity contribution in [3.05, 3.63) is 48.3 Å². The number of carbonyl (C=O) groups is 1. The van der Waals surface area contributed by atoms with Gasteiger partial charge in [0.15, 0.2) is 17.7 Å².